The molecule has 7 nitrogen and oxygen atoms in total. The van der Waals surface area contributed by atoms with Crippen molar-refractivity contribution >= 4 is 23.3 Å². The highest BCUT2D eigenvalue weighted by molar-refractivity contribution is 6.42. The van der Waals surface area contributed by atoms with Crippen molar-refractivity contribution in [2.75, 3.05) is 5.32 Å². The predicted molar refractivity (Wildman–Crippen MR) is 115 cm³/mol. The van der Waals surface area contributed by atoms with Gasteiger partial charge in [0.1, 0.15) is 5.82 Å². The third-order valence-corrected chi connectivity index (χ3v) is 5.69. The molecule has 8 heteroatoms. The van der Waals surface area contributed by atoms with Crippen LogP contribution in [0.1, 0.15) is 65.2 Å². The number of aliphatic hydroxyl groups excluding tert-OH is 1. The molecular weight excluding hydrogens is 401 g/mol. The second-order valence-electron chi connectivity index (χ2n) is 7.97. The first-order chi connectivity index (χ1) is 14.7. The number of Topliss-reactive ketones (excluding diaryl/α,β-unsaturated/α-hetero) is 1. The van der Waals surface area contributed by atoms with Gasteiger partial charge in [-0.05, 0) is 69.4 Å². The van der Waals surface area contributed by atoms with Gasteiger partial charge in [-0.3, -0.25) is 14.4 Å². The van der Waals surface area contributed by atoms with Crippen molar-refractivity contribution in [1.82, 2.24) is 9.88 Å². The van der Waals surface area contributed by atoms with Crippen molar-refractivity contribution in [3.05, 3.63) is 52.6 Å². The summed E-state index contributed by atoms with van der Waals surface area (Å²) in [7, 11) is 0. The molecule has 31 heavy (non-hydrogen) atoms. The summed E-state index contributed by atoms with van der Waals surface area (Å²) in [5.74, 6) is -2.31. The molecule has 0 spiro atoms. The van der Waals surface area contributed by atoms with Crippen LogP contribution in [0.5, 0.6) is 0 Å². The average molecular weight is 429 g/mol. The van der Waals surface area contributed by atoms with E-state index in [0.29, 0.717) is 41.9 Å². The van der Waals surface area contributed by atoms with Gasteiger partial charge in [0.2, 0.25) is 0 Å². The minimum absolute atomic E-state index is 0.160. The van der Waals surface area contributed by atoms with Crippen molar-refractivity contribution in [2.45, 2.75) is 65.1 Å². The Hall–Kier alpha value is -3.00. The van der Waals surface area contributed by atoms with Gasteiger partial charge in [-0.2, -0.15) is 0 Å². The standard InChI is InChI=1S/C23H28FN3O4/c1-4-18(14(3)28)26-23(31)21(29)20-12-16(19-7-5-6-10-27(19)20)22(30)25-15-8-9-17(24)13(2)11-15/h8-9,11-12,14,18,28H,4-7,10H2,1-3H3,(H,25,30)(H,26,31)/t14-,18-/m0/s1. The van der Waals surface area contributed by atoms with Crippen LogP contribution in [-0.4, -0.2) is 39.4 Å². The van der Waals surface area contributed by atoms with Gasteiger partial charge in [0, 0.05) is 17.9 Å². The quantitative estimate of drug-likeness (QED) is 0.465. The average Bonchev–Trinajstić information content (AvgIpc) is 3.13. The van der Waals surface area contributed by atoms with E-state index < -0.39 is 29.7 Å². The van der Waals surface area contributed by atoms with Crippen molar-refractivity contribution < 1.29 is 23.9 Å². The number of hydrogen-bond acceptors (Lipinski definition) is 4. The van der Waals surface area contributed by atoms with E-state index >= 15 is 0 Å². The van der Waals surface area contributed by atoms with Crippen LogP contribution in [0.25, 0.3) is 0 Å². The molecule has 166 valence electrons. The molecule has 0 bridgehead atoms. The van der Waals surface area contributed by atoms with Gasteiger partial charge in [0.05, 0.1) is 23.4 Å². The van der Waals surface area contributed by atoms with E-state index in [0.717, 1.165) is 12.8 Å². The second kappa shape index (κ2) is 9.43. The van der Waals surface area contributed by atoms with Crippen molar-refractivity contribution in [1.29, 1.82) is 0 Å². The van der Waals surface area contributed by atoms with Gasteiger partial charge in [0.15, 0.2) is 0 Å². The van der Waals surface area contributed by atoms with Gasteiger partial charge in [-0.1, -0.05) is 6.92 Å². The molecule has 3 rings (SSSR count). The van der Waals surface area contributed by atoms with Crippen LogP contribution < -0.4 is 10.6 Å². The SMILES string of the molecule is CC[C@H](NC(=O)C(=O)c1cc(C(=O)Nc2ccc(F)c(C)c2)c2n1CCCC2)[C@H](C)O. The molecule has 0 aliphatic carbocycles. The summed E-state index contributed by atoms with van der Waals surface area (Å²) in [6, 6.07) is 5.22. The van der Waals surface area contributed by atoms with Crippen LogP contribution in [0.2, 0.25) is 0 Å². The van der Waals surface area contributed by atoms with Crippen molar-refractivity contribution in [3.63, 3.8) is 0 Å². The zero-order chi connectivity index (χ0) is 22.7. The lowest BCUT2D eigenvalue weighted by Gasteiger charge is -2.20. The van der Waals surface area contributed by atoms with Crippen molar-refractivity contribution in [3.8, 4) is 0 Å². The molecule has 0 fully saturated rings. The zero-order valence-electron chi connectivity index (χ0n) is 18.0. The number of aryl methyl sites for hydroxylation is 1. The molecule has 1 aromatic carbocycles. The molecular formula is C23H28FN3O4. The first kappa shape index (κ1) is 22.7. The summed E-state index contributed by atoms with van der Waals surface area (Å²) in [5, 5.41) is 15.1. The molecule has 1 aromatic heterocycles. The smallest absolute Gasteiger partial charge is 0.294 e. The molecule has 0 saturated carbocycles. The Bertz CT molecular complexity index is 1010. The highest BCUT2D eigenvalue weighted by Gasteiger charge is 2.30. The summed E-state index contributed by atoms with van der Waals surface area (Å²) in [4.78, 5) is 38.3. The number of fused-ring (bicyclic) bond motifs is 1. The maximum atomic E-state index is 13.5. The fourth-order valence-electron chi connectivity index (χ4n) is 3.90. The number of nitrogens with one attached hydrogen (secondary N) is 2. The molecule has 2 heterocycles. The number of carbonyl (C=O) groups is 3. The van der Waals surface area contributed by atoms with Crippen LogP contribution in [0.15, 0.2) is 24.3 Å². The molecule has 0 saturated heterocycles. The Labute approximate surface area is 180 Å². The van der Waals surface area contributed by atoms with E-state index in [-0.39, 0.29) is 11.5 Å². The number of anilines is 1. The topological polar surface area (TPSA) is 100 Å². The van der Waals surface area contributed by atoms with Gasteiger partial charge >= 0.3 is 0 Å². The minimum Gasteiger partial charge on any atom is -0.391 e. The third kappa shape index (κ3) is 4.85. The summed E-state index contributed by atoms with van der Waals surface area (Å²) in [6.07, 6.45) is 2.02. The molecule has 2 atom stereocenters. The first-order valence-electron chi connectivity index (χ1n) is 10.6. The maximum Gasteiger partial charge on any atom is 0.294 e. The molecule has 3 N–H and O–H groups in total. The number of aliphatic hydroxyl groups is 1. The number of amides is 2. The van der Waals surface area contributed by atoms with Crippen LogP contribution in [0.4, 0.5) is 10.1 Å². The largest absolute Gasteiger partial charge is 0.391 e. The lowest BCUT2D eigenvalue weighted by atomic mass is 10.1. The van der Waals surface area contributed by atoms with E-state index in [1.807, 2.05) is 0 Å². The number of benzene rings is 1. The van der Waals surface area contributed by atoms with E-state index in [1.165, 1.54) is 24.3 Å². The number of rotatable bonds is 7. The number of ketones is 1. The molecule has 2 aromatic rings. The number of halogens is 1. The first-order valence-corrected chi connectivity index (χ1v) is 10.6. The Balaban J connectivity index is 1.88. The summed E-state index contributed by atoms with van der Waals surface area (Å²) in [5.41, 5.74) is 2.07. The normalized spacial score (nSPS) is 15.0. The Kier molecular flexibility index (Phi) is 6.90. The highest BCUT2D eigenvalue weighted by Crippen LogP contribution is 2.25. The Morgan fingerprint density at radius 3 is 2.61 bits per heavy atom. The minimum atomic E-state index is -0.806. The van der Waals surface area contributed by atoms with E-state index in [4.69, 9.17) is 0 Å². The van der Waals surface area contributed by atoms with Gasteiger partial charge in [-0.25, -0.2) is 4.39 Å². The lowest BCUT2D eigenvalue weighted by Crippen LogP contribution is -2.45. The summed E-state index contributed by atoms with van der Waals surface area (Å²) in [6.45, 7) is 5.51. The fourth-order valence-corrected chi connectivity index (χ4v) is 3.90. The van der Waals surface area contributed by atoms with E-state index in [1.54, 1.807) is 25.3 Å². The number of hydrogen-bond donors (Lipinski definition) is 3. The van der Waals surface area contributed by atoms with Gasteiger partial charge in [-0.15, -0.1) is 0 Å². The monoisotopic (exact) mass is 429 g/mol. The van der Waals surface area contributed by atoms with Crippen LogP contribution in [-0.2, 0) is 17.8 Å². The van der Waals surface area contributed by atoms with Gasteiger partial charge in [0.25, 0.3) is 17.6 Å². The number of aromatic nitrogens is 1. The molecule has 1 aliphatic heterocycles. The Morgan fingerprint density at radius 1 is 1.23 bits per heavy atom. The van der Waals surface area contributed by atoms with Crippen LogP contribution >= 0.6 is 0 Å². The molecule has 2 amide bonds. The number of nitrogens with zero attached hydrogens (tertiary/aromatic N) is 1. The predicted octanol–water partition coefficient (Wildman–Crippen LogP) is 2.98. The van der Waals surface area contributed by atoms with E-state index in [2.05, 4.69) is 10.6 Å². The zero-order valence-corrected chi connectivity index (χ0v) is 18.0. The molecule has 0 radical (unpaired) electrons. The van der Waals surface area contributed by atoms with Gasteiger partial charge < -0.3 is 20.3 Å². The summed E-state index contributed by atoms with van der Waals surface area (Å²) >= 11 is 0. The fraction of sp³-hybridized carbons (Fsp3) is 0.435. The Morgan fingerprint density at radius 2 is 1.97 bits per heavy atom. The number of carbonyl (C=O) groups excluding carboxylic acids is 3. The summed E-state index contributed by atoms with van der Waals surface area (Å²) < 4.78 is 15.2. The molecule has 1 aliphatic rings. The van der Waals surface area contributed by atoms with Crippen molar-refractivity contribution in [2.24, 2.45) is 0 Å². The third-order valence-electron chi connectivity index (χ3n) is 5.69. The van der Waals surface area contributed by atoms with Crippen LogP contribution in [0.3, 0.4) is 0 Å². The highest BCUT2D eigenvalue weighted by atomic mass is 19.1. The maximum absolute atomic E-state index is 13.5. The lowest BCUT2D eigenvalue weighted by molar-refractivity contribution is -0.118. The second-order valence-corrected chi connectivity index (χ2v) is 7.97. The van der Waals surface area contributed by atoms with E-state index in [9.17, 15) is 23.9 Å². The van der Waals surface area contributed by atoms with Crippen LogP contribution in [0, 0.1) is 12.7 Å². The molecule has 0 unspecified atom stereocenters.